The monoisotopic (exact) mass is 592 g/mol. The predicted octanol–water partition coefficient (Wildman–Crippen LogP) is 9.67. The molecule has 0 spiro atoms. The quantitative estimate of drug-likeness (QED) is 0.102. The van der Waals surface area contributed by atoms with Gasteiger partial charge in [-0.15, -0.1) is 0 Å². The fourth-order valence-electron chi connectivity index (χ4n) is 6.09. The van der Waals surface area contributed by atoms with Crippen LogP contribution in [-0.4, -0.2) is 58.5 Å². The van der Waals surface area contributed by atoms with Crippen LogP contribution in [0.4, 0.5) is 4.79 Å². The van der Waals surface area contributed by atoms with Crippen LogP contribution in [0.2, 0.25) is 0 Å². The van der Waals surface area contributed by atoms with Gasteiger partial charge in [0.1, 0.15) is 0 Å². The molecule has 3 amide bonds. The smallest absolute Gasteiger partial charge is 0.325 e. The molecule has 1 saturated heterocycles. The minimum absolute atomic E-state index is 0.193. The number of amides is 3. The van der Waals surface area contributed by atoms with Gasteiger partial charge in [-0.05, 0) is 12.8 Å². The SMILES string of the molecule is CCCCCCCCCCCCCCCCSC1=NC2C(C(=O)NC(=O)N2C)N1CCCCCCCCCCCC. The van der Waals surface area contributed by atoms with E-state index in [0.717, 1.165) is 23.9 Å². The molecule has 238 valence electrons. The van der Waals surface area contributed by atoms with E-state index in [1.165, 1.54) is 148 Å². The van der Waals surface area contributed by atoms with Crippen molar-refractivity contribution in [3.63, 3.8) is 0 Å². The van der Waals surface area contributed by atoms with Crippen molar-refractivity contribution in [2.75, 3.05) is 19.3 Å². The first-order valence-electron chi connectivity index (χ1n) is 17.6. The van der Waals surface area contributed by atoms with Crippen LogP contribution in [0.3, 0.4) is 0 Å². The van der Waals surface area contributed by atoms with Crippen LogP contribution < -0.4 is 5.32 Å². The molecule has 0 radical (unpaired) electrons. The Morgan fingerprint density at radius 1 is 0.634 bits per heavy atom. The normalized spacial score (nSPS) is 18.7. The summed E-state index contributed by atoms with van der Waals surface area (Å²) >= 11 is 1.79. The number of carbonyl (C=O) groups excluding carboxylic acids is 2. The van der Waals surface area contributed by atoms with Gasteiger partial charge in [-0.2, -0.15) is 0 Å². The number of unbranched alkanes of at least 4 members (excludes halogenated alkanes) is 22. The second kappa shape index (κ2) is 23.2. The van der Waals surface area contributed by atoms with Gasteiger partial charge >= 0.3 is 6.03 Å². The lowest BCUT2D eigenvalue weighted by Crippen LogP contribution is -2.63. The highest BCUT2D eigenvalue weighted by Crippen LogP contribution is 2.29. The number of nitrogens with one attached hydrogen (secondary N) is 1. The Bertz CT molecular complexity index is 732. The maximum atomic E-state index is 12.8. The highest BCUT2D eigenvalue weighted by atomic mass is 32.2. The van der Waals surface area contributed by atoms with Crippen molar-refractivity contribution in [3.05, 3.63) is 0 Å². The summed E-state index contributed by atoms with van der Waals surface area (Å²) in [7, 11) is 1.75. The number of likely N-dealkylation sites (N-methyl/N-ethyl adjacent to an activating group) is 1. The van der Waals surface area contributed by atoms with Gasteiger partial charge in [0.05, 0.1) is 0 Å². The Labute approximate surface area is 257 Å². The summed E-state index contributed by atoms with van der Waals surface area (Å²) in [5.41, 5.74) is 0. The van der Waals surface area contributed by atoms with E-state index in [4.69, 9.17) is 4.99 Å². The summed E-state index contributed by atoms with van der Waals surface area (Å²) in [6, 6.07) is -0.716. The van der Waals surface area contributed by atoms with Crippen molar-refractivity contribution in [3.8, 4) is 0 Å². The summed E-state index contributed by atoms with van der Waals surface area (Å²) in [6.45, 7) is 5.40. The summed E-state index contributed by atoms with van der Waals surface area (Å²) in [6.07, 6.45) is 31.8. The number of hydrogen-bond donors (Lipinski definition) is 1. The van der Waals surface area contributed by atoms with Crippen LogP contribution >= 0.6 is 11.8 Å². The Hall–Kier alpha value is -1.24. The maximum absolute atomic E-state index is 12.8. The largest absolute Gasteiger partial charge is 0.336 e. The Morgan fingerprint density at radius 3 is 1.51 bits per heavy atom. The highest BCUT2D eigenvalue weighted by Gasteiger charge is 2.48. The summed E-state index contributed by atoms with van der Waals surface area (Å²) in [4.78, 5) is 33.7. The molecule has 1 N–H and O–H groups in total. The van der Waals surface area contributed by atoms with E-state index < -0.39 is 6.17 Å². The first-order valence-corrected chi connectivity index (χ1v) is 18.6. The summed E-state index contributed by atoms with van der Waals surface area (Å²) in [5.74, 6) is 0.838. The van der Waals surface area contributed by atoms with E-state index >= 15 is 0 Å². The van der Waals surface area contributed by atoms with E-state index in [0.29, 0.717) is 0 Å². The zero-order valence-electron chi connectivity index (χ0n) is 27.1. The summed E-state index contributed by atoms with van der Waals surface area (Å²) in [5, 5.41) is 3.50. The number of carbonyl (C=O) groups is 2. The Balaban J connectivity index is 1.60. The maximum Gasteiger partial charge on any atom is 0.325 e. The molecule has 0 aromatic rings. The fraction of sp³-hybridized carbons (Fsp3) is 0.912. The molecule has 2 aliphatic rings. The van der Waals surface area contributed by atoms with Crippen LogP contribution in [0, 0.1) is 0 Å². The fourth-order valence-corrected chi connectivity index (χ4v) is 7.17. The van der Waals surface area contributed by atoms with Crippen molar-refractivity contribution in [2.24, 2.45) is 4.99 Å². The predicted molar refractivity (Wildman–Crippen MR) is 178 cm³/mol. The topological polar surface area (TPSA) is 65.0 Å². The van der Waals surface area contributed by atoms with Crippen LogP contribution in [0.15, 0.2) is 4.99 Å². The molecule has 0 aromatic heterocycles. The number of imide groups is 1. The molecule has 2 unspecified atom stereocenters. The highest BCUT2D eigenvalue weighted by molar-refractivity contribution is 8.13. The van der Waals surface area contributed by atoms with Gasteiger partial charge in [-0.3, -0.25) is 10.1 Å². The van der Waals surface area contributed by atoms with Gasteiger partial charge in [0.2, 0.25) is 0 Å². The second-order valence-electron chi connectivity index (χ2n) is 12.5. The van der Waals surface area contributed by atoms with Crippen molar-refractivity contribution < 1.29 is 9.59 Å². The van der Waals surface area contributed by atoms with Crippen LogP contribution in [0.5, 0.6) is 0 Å². The van der Waals surface area contributed by atoms with Gasteiger partial charge in [0.15, 0.2) is 17.4 Å². The second-order valence-corrected chi connectivity index (χ2v) is 13.6. The van der Waals surface area contributed by atoms with Crippen LogP contribution in [-0.2, 0) is 4.79 Å². The Morgan fingerprint density at radius 2 is 1.05 bits per heavy atom. The van der Waals surface area contributed by atoms with Crippen LogP contribution in [0.1, 0.15) is 168 Å². The van der Waals surface area contributed by atoms with Gasteiger partial charge < -0.3 is 9.80 Å². The average Bonchev–Trinajstić information content (AvgIpc) is 3.33. The van der Waals surface area contributed by atoms with Crippen molar-refractivity contribution in [2.45, 2.75) is 180 Å². The van der Waals surface area contributed by atoms with E-state index in [-0.39, 0.29) is 18.0 Å². The van der Waals surface area contributed by atoms with E-state index in [1.54, 1.807) is 23.7 Å². The lowest BCUT2D eigenvalue weighted by Gasteiger charge is -2.36. The molecule has 2 atom stereocenters. The molecule has 7 heteroatoms. The number of aliphatic imine (C=N–C) groups is 1. The third-order valence-electron chi connectivity index (χ3n) is 8.80. The number of urea groups is 1. The minimum atomic E-state index is -0.391. The number of thioether (sulfide) groups is 1. The van der Waals surface area contributed by atoms with E-state index in [2.05, 4.69) is 24.1 Å². The van der Waals surface area contributed by atoms with Crippen molar-refractivity contribution in [1.29, 1.82) is 0 Å². The number of rotatable bonds is 26. The molecule has 2 aliphatic heterocycles. The lowest BCUT2D eigenvalue weighted by molar-refractivity contribution is -0.127. The first-order chi connectivity index (χ1) is 20.1. The molecular weight excluding hydrogens is 528 g/mol. The third kappa shape index (κ3) is 14.7. The zero-order chi connectivity index (χ0) is 29.5. The summed E-state index contributed by atoms with van der Waals surface area (Å²) < 4.78 is 0. The lowest BCUT2D eigenvalue weighted by atomic mass is 10.0. The van der Waals surface area contributed by atoms with Gasteiger partial charge in [-0.1, -0.05) is 167 Å². The molecule has 0 aromatic carbocycles. The Kier molecular flexibility index (Phi) is 20.4. The minimum Gasteiger partial charge on any atom is -0.336 e. The number of nitrogens with zero attached hydrogens (tertiary/aromatic N) is 3. The third-order valence-corrected chi connectivity index (χ3v) is 9.90. The number of fused-ring (bicyclic) bond motifs is 1. The molecule has 41 heavy (non-hydrogen) atoms. The molecule has 6 nitrogen and oxygen atoms in total. The van der Waals surface area contributed by atoms with Crippen molar-refractivity contribution in [1.82, 2.24) is 15.1 Å². The van der Waals surface area contributed by atoms with E-state index in [1.807, 2.05) is 0 Å². The molecule has 2 heterocycles. The molecule has 2 rings (SSSR count). The zero-order valence-corrected chi connectivity index (χ0v) is 27.9. The molecular formula is C34H64N4O2S. The standard InChI is InChI=1S/C34H64N4O2S/c1-4-6-8-10-12-14-16-17-18-19-21-23-25-27-29-41-34-35-31-30(32(39)36-33(40)37(31)3)38(34)28-26-24-22-20-15-13-11-9-7-5-2/h30-31H,4-29H2,1-3H3,(H,36,39,40). The van der Waals surface area contributed by atoms with E-state index in [9.17, 15) is 9.59 Å². The molecule has 0 saturated carbocycles. The van der Waals surface area contributed by atoms with Crippen molar-refractivity contribution >= 4 is 28.9 Å². The van der Waals surface area contributed by atoms with Gasteiger partial charge in [0, 0.05) is 19.3 Å². The molecule has 0 bridgehead atoms. The van der Waals surface area contributed by atoms with Gasteiger partial charge in [0.25, 0.3) is 5.91 Å². The van der Waals surface area contributed by atoms with Crippen LogP contribution in [0.25, 0.3) is 0 Å². The molecule has 1 fully saturated rings. The van der Waals surface area contributed by atoms with Gasteiger partial charge in [-0.25, -0.2) is 9.79 Å². The molecule has 0 aliphatic carbocycles. The average molecular weight is 593 g/mol. The number of amidine groups is 1. The first kappa shape index (κ1) is 36.0. The number of hydrogen-bond acceptors (Lipinski definition) is 5.